The zero-order valence-electron chi connectivity index (χ0n) is 11.1. The number of fused-ring (bicyclic) bond motifs is 1. The van der Waals surface area contributed by atoms with E-state index in [4.69, 9.17) is 4.74 Å². The van der Waals surface area contributed by atoms with E-state index in [1.807, 2.05) is 31.6 Å². The lowest BCUT2D eigenvalue weighted by molar-refractivity contribution is 0.267. The normalized spacial score (nSPS) is 17.6. The fraction of sp³-hybridized carbons (Fsp3) is 0.312. The van der Waals surface area contributed by atoms with Crippen molar-refractivity contribution in [3.63, 3.8) is 0 Å². The van der Waals surface area contributed by atoms with Gasteiger partial charge in [-0.15, -0.1) is 0 Å². The maximum Gasteiger partial charge on any atom is 0.130 e. The minimum absolute atomic E-state index is 0.538. The number of ether oxygens (including phenoxy) is 1. The second-order valence-electron chi connectivity index (χ2n) is 4.85. The summed E-state index contributed by atoms with van der Waals surface area (Å²) in [6.07, 6.45) is 4.72. The van der Waals surface area contributed by atoms with Gasteiger partial charge in [0.2, 0.25) is 0 Å². The Kier molecular flexibility index (Phi) is 3.47. The van der Waals surface area contributed by atoms with Gasteiger partial charge in [-0.3, -0.25) is 4.98 Å². The maximum absolute atomic E-state index is 5.94. The number of benzene rings is 1. The second kappa shape index (κ2) is 5.41. The summed E-state index contributed by atoms with van der Waals surface area (Å²) in [4.78, 5) is 4.08. The zero-order chi connectivity index (χ0) is 13.1. The Morgan fingerprint density at radius 1 is 1.26 bits per heavy atom. The van der Waals surface area contributed by atoms with E-state index in [-0.39, 0.29) is 0 Å². The predicted octanol–water partition coefficient (Wildman–Crippen LogP) is 2.83. The maximum atomic E-state index is 5.94. The van der Waals surface area contributed by atoms with Crippen LogP contribution in [0.3, 0.4) is 0 Å². The number of hydrogen-bond donors (Lipinski definition) is 1. The van der Waals surface area contributed by atoms with Crippen molar-refractivity contribution in [1.29, 1.82) is 0 Å². The molecule has 1 aliphatic rings. The van der Waals surface area contributed by atoms with Crippen molar-refractivity contribution in [1.82, 2.24) is 10.3 Å². The number of nitrogens with one attached hydrogen (secondary N) is 1. The number of aromatic nitrogens is 1. The van der Waals surface area contributed by atoms with Gasteiger partial charge in [-0.1, -0.05) is 18.2 Å². The molecule has 1 N–H and O–H groups in total. The standard InChI is InChI=1S/C16H18N2O/c1-17-11-13-7-10-19-16-14(3-2-4-15(13)16)12-5-8-18-9-6-12/h2-6,8-9,13,17H,7,10-11H2,1H3/t13-/m1/s1. The first-order chi connectivity index (χ1) is 9.40. The first-order valence-electron chi connectivity index (χ1n) is 6.71. The third-order valence-corrected chi connectivity index (χ3v) is 3.64. The number of likely N-dealkylation sites (N-methyl/N-ethyl adjacent to an activating group) is 1. The topological polar surface area (TPSA) is 34.1 Å². The Labute approximate surface area is 113 Å². The number of pyridine rings is 1. The largest absolute Gasteiger partial charge is 0.493 e. The van der Waals surface area contributed by atoms with Crippen LogP contribution in [0.2, 0.25) is 0 Å². The van der Waals surface area contributed by atoms with Crippen molar-refractivity contribution in [3.8, 4) is 16.9 Å². The summed E-state index contributed by atoms with van der Waals surface area (Å²) < 4.78 is 5.94. The van der Waals surface area contributed by atoms with Gasteiger partial charge in [0, 0.05) is 30.4 Å². The van der Waals surface area contributed by atoms with Crippen molar-refractivity contribution >= 4 is 0 Å². The lowest BCUT2D eigenvalue weighted by Gasteiger charge is -2.27. The highest BCUT2D eigenvalue weighted by Gasteiger charge is 2.23. The number of hydrogen-bond acceptors (Lipinski definition) is 3. The highest BCUT2D eigenvalue weighted by molar-refractivity contribution is 5.72. The summed E-state index contributed by atoms with van der Waals surface area (Å²) in [7, 11) is 2.00. The Bertz CT molecular complexity index is 554. The molecular formula is C16H18N2O. The number of nitrogens with zero attached hydrogens (tertiary/aromatic N) is 1. The third kappa shape index (κ3) is 2.34. The summed E-state index contributed by atoms with van der Waals surface area (Å²) >= 11 is 0. The molecule has 0 radical (unpaired) electrons. The molecule has 3 rings (SSSR count). The number of para-hydroxylation sites is 1. The summed E-state index contributed by atoms with van der Waals surface area (Å²) in [5.74, 6) is 1.58. The molecular weight excluding hydrogens is 236 g/mol. The first-order valence-corrected chi connectivity index (χ1v) is 6.71. The molecule has 1 aliphatic heterocycles. The summed E-state index contributed by atoms with van der Waals surface area (Å²) in [6.45, 7) is 1.79. The van der Waals surface area contributed by atoms with Crippen LogP contribution in [-0.2, 0) is 0 Å². The Hall–Kier alpha value is -1.87. The van der Waals surface area contributed by atoms with E-state index in [1.165, 1.54) is 11.1 Å². The molecule has 0 aliphatic carbocycles. The van der Waals surface area contributed by atoms with Gasteiger partial charge in [0.1, 0.15) is 5.75 Å². The van der Waals surface area contributed by atoms with Crippen LogP contribution in [0, 0.1) is 0 Å². The van der Waals surface area contributed by atoms with Gasteiger partial charge < -0.3 is 10.1 Å². The summed E-state index contributed by atoms with van der Waals surface area (Å²) in [5.41, 5.74) is 3.65. The van der Waals surface area contributed by atoms with Crippen LogP contribution in [-0.4, -0.2) is 25.2 Å². The highest BCUT2D eigenvalue weighted by Crippen LogP contribution is 2.40. The van der Waals surface area contributed by atoms with E-state index in [2.05, 4.69) is 28.5 Å². The molecule has 3 heteroatoms. The summed E-state index contributed by atoms with van der Waals surface area (Å²) in [5, 5.41) is 3.27. The molecule has 2 heterocycles. The third-order valence-electron chi connectivity index (χ3n) is 3.64. The van der Waals surface area contributed by atoms with Gasteiger partial charge in [-0.05, 0) is 36.7 Å². The van der Waals surface area contributed by atoms with Crippen LogP contribution >= 0.6 is 0 Å². The van der Waals surface area contributed by atoms with Gasteiger partial charge in [-0.2, -0.15) is 0 Å². The van der Waals surface area contributed by atoms with Crippen molar-refractivity contribution in [2.75, 3.05) is 20.2 Å². The fourth-order valence-corrected chi connectivity index (χ4v) is 2.71. The average molecular weight is 254 g/mol. The molecule has 0 spiro atoms. The smallest absolute Gasteiger partial charge is 0.130 e. The van der Waals surface area contributed by atoms with Crippen molar-refractivity contribution in [2.24, 2.45) is 0 Å². The highest BCUT2D eigenvalue weighted by atomic mass is 16.5. The van der Waals surface area contributed by atoms with E-state index in [0.717, 1.165) is 30.9 Å². The molecule has 0 saturated carbocycles. The molecule has 0 amide bonds. The van der Waals surface area contributed by atoms with Gasteiger partial charge in [0.25, 0.3) is 0 Å². The Morgan fingerprint density at radius 3 is 2.89 bits per heavy atom. The lowest BCUT2D eigenvalue weighted by atomic mass is 9.90. The van der Waals surface area contributed by atoms with E-state index in [0.29, 0.717) is 5.92 Å². The summed E-state index contributed by atoms with van der Waals surface area (Å²) in [6, 6.07) is 10.5. The van der Waals surface area contributed by atoms with E-state index in [1.54, 1.807) is 0 Å². The minimum atomic E-state index is 0.538. The Morgan fingerprint density at radius 2 is 2.11 bits per heavy atom. The molecule has 0 fully saturated rings. The van der Waals surface area contributed by atoms with Crippen LogP contribution in [0.4, 0.5) is 0 Å². The van der Waals surface area contributed by atoms with Crippen LogP contribution in [0.15, 0.2) is 42.7 Å². The molecule has 3 nitrogen and oxygen atoms in total. The molecule has 19 heavy (non-hydrogen) atoms. The average Bonchev–Trinajstić information content (AvgIpc) is 2.48. The minimum Gasteiger partial charge on any atom is -0.493 e. The van der Waals surface area contributed by atoms with Gasteiger partial charge >= 0.3 is 0 Å². The van der Waals surface area contributed by atoms with Crippen LogP contribution in [0.5, 0.6) is 5.75 Å². The fourth-order valence-electron chi connectivity index (χ4n) is 2.71. The monoisotopic (exact) mass is 254 g/mol. The molecule has 1 atom stereocenters. The zero-order valence-corrected chi connectivity index (χ0v) is 11.1. The first kappa shape index (κ1) is 12.2. The lowest BCUT2D eigenvalue weighted by Crippen LogP contribution is -2.23. The SMILES string of the molecule is CNC[C@H]1CCOc2c(-c3ccncc3)cccc21. The van der Waals surface area contributed by atoms with Gasteiger partial charge in [-0.25, -0.2) is 0 Å². The number of rotatable bonds is 3. The predicted molar refractivity (Wildman–Crippen MR) is 76.5 cm³/mol. The van der Waals surface area contributed by atoms with Crippen molar-refractivity contribution in [3.05, 3.63) is 48.3 Å². The molecule has 0 bridgehead atoms. The van der Waals surface area contributed by atoms with Crippen LogP contribution in [0.25, 0.3) is 11.1 Å². The van der Waals surface area contributed by atoms with Crippen molar-refractivity contribution in [2.45, 2.75) is 12.3 Å². The molecule has 0 unspecified atom stereocenters. The van der Waals surface area contributed by atoms with Gasteiger partial charge in [0.15, 0.2) is 0 Å². The quantitative estimate of drug-likeness (QED) is 0.914. The second-order valence-corrected chi connectivity index (χ2v) is 4.85. The molecule has 98 valence electrons. The molecule has 1 aromatic carbocycles. The van der Waals surface area contributed by atoms with Gasteiger partial charge in [0.05, 0.1) is 6.61 Å². The van der Waals surface area contributed by atoms with E-state index < -0.39 is 0 Å². The van der Waals surface area contributed by atoms with Crippen molar-refractivity contribution < 1.29 is 4.74 Å². The van der Waals surface area contributed by atoms with Crippen LogP contribution < -0.4 is 10.1 Å². The van der Waals surface area contributed by atoms with E-state index >= 15 is 0 Å². The van der Waals surface area contributed by atoms with Crippen LogP contribution in [0.1, 0.15) is 17.9 Å². The molecule has 0 saturated heterocycles. The van der Waals surface area contributed by atoms with E-state index in [9.17, 15) is 0 Å². The molecule has 2 aromatic rings. The molecule has 1 aromatic heterocycles. The Balaban J connectivity index is 2.06.